The van der Waals surface area contributed by atoms with Crippen molar-refractivity contribution in [3.63, 3.8) is 0 Å². The van der Waals surface area contributed by atoms with Crippen molar-refractivity contribution in [1.82, 2.24) is 10.2 Å². The SMILES string of the molecule is CC[C@H](C(=O)NC(C)(C)C)N(Cc1c(Cl)cccc1Cl)C(=O)COc1ccccc1F. The Hall–Kier alpha value is -2.31. The number of ether oxygens (including phenoxy) is 1. The molecule has 0 spiro atoms. The second-order valence-electron chi connectivity index (χ2n) is 8.10. The number of hydrogen-bond acceptors (Lipinski definition) is 3. The number of amides is 2. The molecule has 0 aliphatic heterocycles. The number of rotatable bonds is 8. The van der Waals surface area contributed by atoms with E-state index in [0.29, 0.717) is 22.0 Å². The van der Waals surface area contributed by atoms with Crippen LogP contribution in [0.2, 0.25) is 10.0 Å². The lowest BCUT2D eigenvalue weighted by atomic mass is 10.1. The highest BCUT2D eigenvalue weighted by Gasteiger charge is 2.31. The number of nitrogens with one attached hydrogen (secondary N) is 1. The normalized spacial score (nSPS) is 12.2. The Balaban J connectivity index is 2.32. The third kappa shape index (κ3) is 7.11. The van der Waals surface area contributed by atoms with Crippen LogP contribution in [0.25, 0.3) is 0 Å². The molecule has 2 rings (SSSR count). The molecule has 0 radical (unpaired) electrons. The van der Waals surface area contributed by atoms with Gasteiger partial charge in [0.15, 0.2) is 18.2 Å². The topological polar surface area (TPSA) is 58.6 Å². The van der Waals surface area contributed by atoms with E-state index in [1.807, 2.05) is 20.8 Å². The fraction of sp³-hybridized carbons (Fsp3) is 0.391. The maximum atomic E-state index is 13.9. The maximum absolute atomic E-state index is 13.9. The number of hydrogen-bond donors (Lipinski definition) is 1. The summed E-state index contributed by atoms with van der Waals surface area (Å²) in [5.74, 6) is -1.42. The lowest BCUT2D eigenvalue weighted by Crippen LogP contribution is -2.54. The predicted octanol–water partition coefficient (Wildman–Crippen LogP) is 5.23. The van der Waals surface area contributed by atoms with Crippen LogP contribution in [0.3, 0.4) is 0 Å². The highest BCUT2D eigenvalue weighted by atomic mass is 35.5. The van der Waals surface area contributed by atoms with Crippen molar-refractivity contribution >= 4 is 35.0 Å². The summed E-state index contributed by atoms with van der Waals surface area (Å²) in [6, 6.07) is 10.0. The number of halogens is 3. The summed E-state index contributed by atoms with van der Waals surface area (Å²) >= 11 is 12.6. The van der Waals surface area contributed by atoms with Crippen LogP contribution in [0.15, 0.2) is 42.5 Å². The van der Waals surface area contributed by atoms with Crippen molar-refractivity contribution in [2.45, 2.75) is 52.2 Å². The summed E-state index contributed by atoms with van der Waals surface area (Å²) in [5.41, 5.74) is 0.0392. The molecular weight excluding hydrogens is 442 g/mol. The van der Waals surface area contributed by atoms with Gasteiger partial charge in [0.1, 0.15) is 6.04 Å². The monoisotopic (exact) mass is 468 g/mol. The van der Waals surface area contributed by atoms with Crippen LogP contribution >= 0.6 is 23.2 Å². The van der Waals surface area contributed by atoms with E-state index in [2.05, 4.69) is 5.32 Å². The zero-order chi connectivity index (χ0) is 23.2. The Kier molecular flexibility index (Phi) is 8.71. The minimum atomic E-state index is -0.789. The third-order valence-electron chi connectivity index (χ3n) is 4.46. The lowest BCUT2D eigenvalue weighted by molar-refractivity contribution is -0.143. The van der Waals surface area contributed by atoms with Gasteiger partial charge in [-0.2, -0.15) is 0 Å². The van der Waals surface area contributed by atoms with Crippen molar-refractivity contribution in [3.8, 4) is 5.75 Å². The summed E-state index contributed by atoms with van der Waals surface area (Å²) in [6.07, 6.45) is 0.357. The fourth-order valence-electron chi connectivity index (χ4n) is 3.01. The van der Waals surface area contributed by atoms with Gasteiger partial charge < -0.3 is 15.0 Å². The molecule has 0 bridgehead atoms. The molecule has 0 saturated heterocycles. The fourth-order valence-corrected chi connectivity index (χ4v) is 3.53. The van der Waals surface area contributed by atoms with Crippen molar-refractivity contribution in [3.05, 3.63) is 63.9 Å². The average Bonchev–Trinajstić information content (AvgIpc) is 2.67. The first-order chi connectivity index (χ1) is 14.5. The Bertz CT molecular complexity index is 911. The summed E-state index contributed by atoms with van der Waals surface area (Å²) in [4.78, 5) is 27.5. The molecule has 2 aromatic carbocycles. The molecule has 0 aromatic heterocycles. The number of nitrogens with zero attached hydrogens (tertiary/aromatic N) is 1. The molecule has 5 nitrogen and oxygen atoms in total. The number of carbonyl (C=O) groups excluding carboxylic acids is 2. The Labute approximate surface area is 192 Å². The van der Waals surface area contributed by atoms with Crippen molar-refractivity contribution in [2.75, 3.05) is 6.61 Å². The molecular formula is C23H27Cl2FN2O3. The summed E-state index contributed by atoms with van der Waals surface area (Å²) in [6.45, 7) is 6.94. The van der Waals surface area contributed by atoms with Gasteiger partial charge in [0, 0.05) is 27.7 Å². The van der Waals surface area contributed by atoms with Crippen LogP contribution in [0, 0.1) is 5.82 Å². The van der Waals surface area contributed by atoms with Crippen LogP contribution in [0.5, 0.6) is 5.75 Å². The van der Waals surface area contributed by atoms with Crippen LogP contribution < -0.4 is 10.1 Å². The summed E-state index contributed by atoms with van der Waals surface area (Å²) in [5, 5.41) is 3.67. The number of para-hydroxylation sites is 1. The number of benzene rings is 2. The van der Waals surface area contributed by atoms with Gasteiger partial charge in [0.05, 0.1) is 0 Å². The molecule has 0 aliphatic rings. The van der Waals surface area contributed by atoms with Crippen molar-refractivity contribution in [1.29, 1.82) is 0 Å². The van der Waals surface area contributed by atoms with Gasteiger partial charge in [0.2, 0.25) is 5.91 Å². The summed E-state index contributed by atoms with van der Waals surface area (Å²) < 4.78 is 19.3. The molecule has 8 heteroatoms. The highest BCUT2D eigenvalue weighted by Crippen LogP contribution is 2.27. The summed E-state index contributed by atoms with van der Waals surface area (Å²) in [7, 11) is 0. The van der Waals surface area contributed by atoms with Gasteiger partial charge in [-0.1, -0.05) is 48.3 Å². The average molecular weight is 469 g/mol. The van der Waals surface area contributed by atoms with E-state index < -0.39 is 29.9 Å². The second-order valence-corrected chi connectivity index (χ2v) is 8.92. The zero-order valence-electron chi connectivity index (χ0n) is 18.0. The van der Waals surface area contributed by atoms with Crippen LogP contribution in [-0.2, 0) is 16.1 Å². The molecule has 0 saturated carbocycles. The standard InChI is InChI=1S/C23H27Cl2FN2O3/c1-5-19(22(30)27-23(2,3)4)28(13-15-16(24)9-8-10-17(15)25)21(29)14-31-20-12-7-6-11-18(20)26/h6-12,19H,5,13-14H2,1-4H3,(H,27,30)/t19-/m1/s1. The van der Waals surface area contributed by atoms with Gasteiger partial charge in [-0.05, 0) is 51.5 Å². The van der Waals surface area contributed by atoms with Gasteiger partial charge in [-0.15, -0.1) is 0 Å². The molecule has 0 heterocycles. The maximum Gasteiger partial charge on any atom is 0.261 e. The van der Waals surface area contributed by atoms with E-state index in [9.17, 15) is 14.0 Å². The molecule has 1 atom stereocenters. The zero-order valence-corrected chi connectivity index (χ0v) is 19.6. The highest BCUT2D eigenvalue weighted by molar-refractivity contribution is 6.36. The van der Waals surface area contributed by atoms with Gasteiger partial charge in [-0.25, -0.2) is 4.39 Å². The van der Waals surface area contributed by atoms with Crippen LogP contribution in [0.1, 0.15) is 39.7 Å². The van der Waals surface area contributed by atoms with E-state index in [-0.39, 0.29) is 18.2 Å². The van der Waals surface area contributed by atoms with Gasteiger partial charge >= 0.3 is 0 Å². The quantitative estimate of drug-likeness (QED) is 0.576. The van der Waals surface area contributed by atoms with E-state index >= 15 is 0 Å². The molecule has 2 amide bonds. The lowest BCUT2D eigenvalue weighted by Gasteiger charge is -2.33. The predicted molar refractivity (Wildman–Crippen MR) is 121 cm³/mol. The Morgan fingerprint density at radius 1 is 1.10 bits per heavy atom. The molecule has 0 unspecified atom stereocenters. The first-order valence-corrected chi connectivity index (χ1v) is 10.7. The Morgan fingerprint density at radius 2 is 1.71 bits per heavy atom. The Morgan fingerprint density at radius 3 is 2.26 bits per heavy atom. The minimum Gasteiger partial charge on any atom is -0.481 e. The first-order valence-electron chi connectivity index (χ1n) is 9.95. The third-order valence-corrected chi connectivity index (χ3v) is 5.17. The van der Waals surface area contributed by atoms with Gasteiger partial charge in [0.25, 0.3) is 5.91 Å². The molecule has 0 aliphatic carbocycles. The second kappa shape index (κ2) is 10.8. The molecule has 2 aromatic rings. The van der Waals surface area contributed by atoms with Crippen LogP contribution in [-0.4, -0.2) is 34.9 Å². The van der Waals surface area contributed by atoms with Gasteiger partial charge in [-0.3, -0.25) is 9.59 Å². The van der Waals surface area contributed by atoms with Crippen molar-refractivity contribution < 1.29 is 18.7 Å². The molecule has 168 valence electrons. The van der Waals surface area contributed by atoms with Crippen LogP contribution in [0.4, 0.5) is 4.39 Å². The van der Waals surface area contributed by atoms with E-state index in [0.717, 1.165) is 0 Å². The first kappa shape index (κ1) is 25.0. The number of carbonyl (C=O) groups is 2. The molecule has 1 N–H and O–H groups in total. The van der Waals surface area contributed by atoms with Crippen molar-refractivity contribution in [2.24, 2.45) is 0 Å². The minimum absolute atomic E-state index is 0.00798. The van der Waals surface area contributed by atoms with E-state index in [4.69, 9.17) is 27.9 Å². The van der Waals surface area contributed by atoms with E-state index in [1.165, 1.54) is 23.1 Å². The van der Waals surface area contributed by atoms with E-state index in [1.54, 1.807) is 31.2 Å². The molecule has 31 heavy (non-hydrogen) atoms. The smallest absolute Gasteiger partial charge is 0.261 e. The molecule has 0 fully saturated rings. The largest absolute Gasteiger partial charge is 0.481 e.